The molecule has 3 aliphatic rings. The first-order chi connectivity index (χ1) is 29.8. The van der Waals surface area contributed by atoms with Gasteiger partial charge in [-0.3, -0.25) is 0 Å². The topological polar surface area (TPSA) is 3.24 Å². The lowest BCUT2D eigenvalue weighted by atomic mass is 9.69. The number of anilines is 3. The van der Waals surface area contributed by atoms with E-state index in [1.807, 2.05) is 0 Å². The van der Waals surface area contributed by atoms with E-state index in [0.717, 1.165) is 11.4 Å². The molecule has 3 aliphatic carbocycles. The van der Waals surface area contributed by atoms with Gasteiger partial charge in [0.25, 0.3) is 0 Å². The van der Waals surface area contributed by atoms with Gasteiger partial charge in [0.1, 0.15) is 0 Å². The molecule has 60 heavy (non-hydrogen) atoms. The summed E-state index contributed by atoms with van der Waals surface area (Å²) in [5, 5.41) is 2.69. The van der Waals surface area contributed by atoms with Crippen molar-refractivity contribution in [3.05, 3.63) is 247 Å². The molecule has 1 spiro atoms. The molecule has 0 aromatic heterocycles. The fourth-order valence-electron chi connectivity index (χ4n) is 11.0. The van der Waals surface area contributed by atoms with Gasteiger partial charge in [0.2, 0.25) is 0 Å². The predicted molar refractivity (Wildman–Crippen MR) is 250 cm³/mol. The van der Waals surface area contributed by atoms with E-state index >= 15 is 0 Å². The molecule has 278 valence electrons. The van der Waals surface area contributed by atoms with E-state index in [1.165, 1.54) is 105 Å². The van der Waals surface area contributed by atoms with E-state index in [0.29, 0.717) is 0 Å². The number of hydrogen-bond donors (Lipinski definition) is 0. The first-order valence-electron chi connectivity index (χ1n) is 20.9. The zero-order valence-corrected chi connectivity index (χ0v) is 32.8. The lowest BCUT2D eigenvalue weighted by Crippen LogP contribution is -2.28. The van der Waals surface area contributed by atoms with Gasteiger partial charge in [-0.15, -0.1) is 0 Å². The van der Waals surface area contributed by atoms with Crippen LogP contribution in [0.4, 0.5) is 17.1 Å². The van der Waals surface area contributed by atoms with E-state index in [9.17, 15) is 0 Å². The summed E-state index contributed by atoms with van der Waals surface area (Å²) in [5.41, 5.74) is 23.6. The number of benzene rings is 10. The maximum Gasteiger partial charge on any atom is 0.0746 e. The van der Waals surface area contributed by atoms with Crippen molar-refractivity contribution in [3.8, 4) is 66.8 Å². The number of nitrogens with zero attached hydrogens (tertiary/aromatic N) is 1. The third-order valence-electron chi connectivity index (χ3n) is 13.4. The monoisotopic (exact) mass is 759 g/mol. The Morgan fingerprint density at radius 3 is 1.40 bits per heavy atom. The van der Waals surface area contributed by atoms with E-state index in [-0.39, 0.29) is 0 Å². The smallest absolute Gasteiger partial charge is 0.0746 e. The fraction of sp³-hybridized carbons (Fsp3) is 0.0169. The summed E-state index contributed by atoms with van der Waals surface area (Å²) in [6.07, 6.45) is 0. The Labute approximate surface area is 350 Å². The van der Waals surface area contributed by atoms with Crippen LogP contribution in [0.25, 0.3) is 77.5 Å². The van der Waals surface area contributed by atoms with E-state index in [4.69, 9.17) is 0 Å². The van der Waals surface area contributed by atoms with Crippen molar-refractivity contribution in [3.63, 3.8) is 0 Å². The Hall–Kier alpha value is -7.74. The van der Waals surface area contributed by atoms with Gasteiger partial charge in [-0.2, -0.15) is 0 Å². The van der Waals surface area contributed by atoms with Crippen molar-refractivity contribution in [2.24, 2.45) is 0 Å². The molecule has 10 aromatic carbocycles. The molecule has 0 N–H and O–H groups in total. The largest absolute Gasteiger partial charge is 0.310 e. The highest BCUT2D eigenvalue weighted by molar-refractivity contribution is 6.21. The highest BCUT2D eigenvalue weighted by Gasteiger charge is 2.54. The molecule has 0 amide bonds. The van der Waals surface area contributed by atoms with Gasteiger partial charge < -0.3 is 4.90 Å². The third-order valence-corrected chi connectivity index (χ3v) is 13.4. The van der Waals surface area contributed by atoms with Crippen molar-refractivity contribution in [1.82, 2.24) is 0 Å². The third kappa shape index (κ3) is 4.47. The SMILES string of the molecule is c1ccc(-c2ccc(N(c3ccc(-c4ccccc4)cc3)c3cccc4c3C3(c5ccccc5-4)c4ccccc4-c4c3cc3c5c(cccc45)-c4ccccc4-3)cc2)cc1. The first kappa shape index (κ1) is 33.3. The van der Waals surface area contributed by atoms with Crippen LogP contribution in [-0.2, 0) is 5.41 Å². The van der Waals surface area contributed by atoms with Crippen molar-refractivity contribution >= 4 is 27.8 Å². The van der Waals surface area contributed by atoms with Crippen molar-refractivity contribution in [2.45, 2.75) is 5.41 Å². The number of fused-ring (bicyclic) bond motifs is 14. The molecule has 13 rings (SSSR count). The van der Waals surface area contributed by atoms with Crippen LogP contribution in [-0.4, -0.2) is 0 Å². The summed E-state index contributed by atoms with van der Waals surface area (Å²) < 4.78 is 0. The molecule has 0 fully saturated rings. The summed E-state index contributed by atoms with van der Waals surface area (Å²) in [6, 6.07) is 83.5. The Bertz CT molecular complexity index is 3260. The Balaban J connectivity index is 1.12. The van der Waals surface area contributed by atoms with Gasteiger partial charge in [-0.1, -0.05) is 188 Å². The van der Waals surface area contributed by atoms with Crippen LogP contribution < -0.4 is 4.90 Å². The average Bonchev–Trinajstić information content (AvgIpc) is 3.93. The standard InChI is InChI=1S/C59H37N/c1-3-15-38(16-4-1)40-29-33-42(34-30-40)60(43-35-31-41(32-36-43)39-17-5-2-6-18-39)55-28-14-24-48-46-21-9-11-26-52(46)59(58(48)55)53-27-12-10-22-49(53)57-50-25-13-23-47-44-19-7-8-20-45(44)51(56(47)50)37-54(57)59/h1-37H. The summed E-state index contributed by atoms with van der Waals surface area (Å²) in [4.78, 5) is 2.50. The van der Waals surface area contributed by atoms with Crippen LogP contribution in [0.5, 0.6) is 0 Å². The van der Waals surface area contributed by atoms with Crippen LogP contribution in [0.3, 0.4) is 0 Å². The highest BCUT2D eigenvalue weighted by atomic mass is 15.1. The minimum atomic E-state index is -0.571. The summed E-state index contributed by atoms with van der Waals surface area (Å²) in [6.45, 7) is 0. The van der Waals surface area contributed by atoms with Gasteiger partial charge in [0, 0.05) is 16.9 Å². The maximum atomic E-state index is 2.57. The van der Waals surface area contributed by atoms with Crippen LogP contribution in [0, 0.1) is 0 Å². The van der Waals surface area contributed by atoms with Crippen molar-refractivity contribution < 1.29 is 0 Å². The zero-order chi connectivity index (χ0) is 39.4. The van der Waals surface area contributed by atoms with Gasteiger partial charge in [0.15, 0.2) is 0 Å². The second-order valence-electron chi connectivity index (χ2n) is 16.3. The van der Waals surface area contributed by atoms with Gasteiger partial charge >= 0.3 is 0 Å². The molecule has 0 bridgehead atoms. The van der Waals surface area contributed by atoms with Crippen LogP contribution in [0.1, 0.15) is 22.3 Å². The quantitative estimate of drug-likeness (QED) is 0.169. The molecule has 0 aliphatic heterocycles. The minimum Gasteiger partial charge on any atom is -0.310 e. The average molecular weight is 760 g/mol. The molecule has 0 heterocycles. The molecule has 0 radical (unpaired) electrons. The zero-order valence-electron chi connectivity index (χ0n) is 32.8. The normalized spacial score (nSPS) is 14.7. The number of rotatable bonds is 5. The molecule has 1 nitrogen and oxygen atoms in total. The lowest BCUT2D eigenvalue weighted by molar-refractivity contribution is 0.794. The Kier molecular flexibility index (Phi) is 7.00. The summed E-state index contributed by atoms with van der Waals surface area (Å²) in [5.74, 6) is 0. The Morgan fingerprint density at radius 1 is 0.300 bits per heavy atom. The number of hydrogen-bond acceptors (Lipinski definition) is 1. The second-order valence-corrected chi connectivity index (χ2v) is 16.3. The van der Waals surface area contributed by atoms with Crippen LogP contribution >= 0.6 is 0 Å². The molecule has 10 aromatic rings. The molecule has 1 atom stereocenters. The summed E-state index contributed by atoms with van der Waals surface area (Å²) in [7, 11) is 0. The van der Waals surface area contributed by atoms with Crippen molar-refractivity contribution in [2.75, 3.05) is 4.90 Å². The van der Waals surface area contributed by atoms with E-state index in [2.05, 4.69) is 229 Å². The minimum absolute atomic E-state index is 0.571. The van der Waals surface area contributed by atoms with Gasteiger partial charge in [0.05, 0.1) is 11.1 Å². The van der Waals surface area contributed by atoms with Gasteiger partial charge in [-0.25, -0.2) is 0 Å². The molecule has 0 saturated carbocycles. The van der Waals surface area contributed by atoms with Crippen LogP contribution in [0.15, 0.2) is 224 Å². The van der Waals surface area contributed by atoms with Crippen molar-refractivity contribution in [1.29, 1.82) is 0 Å². The van der Waals surface area contributed by atoms with E-state index in [1.54, 1.807) is 0 Å². The summed E-state index contributed by atoms with van der Waals surface area (Å²) >= 11 is 0. The molecular weight excluding hydrogens is 723 g/mol. The molecular formula is C59H37N. The molecule has 0 saturated heterocycles. The molecule has 1 unspecified atom stereocenters. The maximum absolute atomic E-state index is 2.57. The highest BCUT2D eigenvalue weighted by Crippen LogP contribution is 2.67. The predicted octanol–water partition coefficient (Wildman–Crippen LogP) is 15.6. The first-order valence-corrected chi connectivity index (χ1v) is 20.9. The van der Waals surface area contributed by atoms with Crippen LogP contribution in [0.2, 0.25) is 0 Å². The molecule has 1 heteroatoms. The van der Waals surface area contributed by atoms with Gasteiger partial charge in [-0.05, 0) is 131 Å². The lowest BCUT2D eigenvalue weighted by Gasteiger charge is -2.36. The fourth-order valence-corrected chi connectivity index (χ4v) is 11.0. The second kappa shape index (κ2) is 12.6. The Morgan fingerprint density at radius 2 is 0.767 bits per heavy atom. The van der Waals surface area contributed by atoms with E-state index < -0.39 is 5.41 Å².